The first-order chi connectivity index (χ1) is 11.6. The number of hydrazone groups is 1. The summed E-state index contributed by atoms with van der Waals surface area (Å²) in [7, 11) is 0. The molecule has 0 bridgehead atoms. The number of carbonyl (C=O) groups excluding carboxylic acids is 2. The van der Waals surface area contributed by atoms with Crippen LogP contribution in [0.2, 0.25) is 0 Å². The van der Waals surface area contributed by atoms with Crippen LogP contribution in [-0.4, -0.2) is 29.5 Å². The van der Waals surface area contributed by atoms with E-state index in [-0.39, 0.29) is 17.8 Å². The van der Waals surface area contributed by atoms with Crippen molar-refractivity contribution in [3.63, 3.8) is 0 Å². The summed E-state index contributed by atoms with van der Waals surface area (Å²) in [6, 6.07) is 14.3. The van der Waals surface area contributed by atoms with E-state index < -0.39 is 16.7 Å². The SMILES string of the molecule is O=C(CNC(=O)c1ccc([N+](=O)[O-])cc1)N/N=C/c1ccccc1. The summed E-state index contributed by atoms with van der Waals surface area (Å²) in [5.41, 5.74) is 3.23. The molecule has 8 nitrogen and oxygen atoms in total. The van der Waals surface area contributed by atoms with E-state index in [1.54, 1.807) is 0 Å². The molecule has 0 aliphatic heterocycles. The van der Waals surface area contributed by atoms with Crippen molar-refractivity contribution < 1.29 is 14.5 Å². The fourth-order valence-electron chi connectivity index (χ4n) is 1.75. The number of nitro groups is 1. The molecular formula is C16H14N4O4. The lowest BCUT2D eigenvalue weighted by atomic mass is 10.2. The summed E-state index contributed by atoms with van der Waals surface area (Å²) < 4.78 is 0. The molecule has 2 rings (SSSR count). The molecule has 24 heavy (non-hydrogen) atoms. The number of nitrogens with zero attached hydrogens (tertiary/aromatic N) is 2. The molecular weight excluding hydrogens is 312 g/mol. The normalized spacial score (nSPS) is 10.3. The van der Waals surface area contributed by atoms with Crippen LogP contribution < -0.4 is 10.7 Å². The van der Waals surface area contributed by atoms with E-state index in [0.717, 1.165) is 5.56 Å². The Hall–Kier alpha value is -3.55. The molecule has 0 aromatic heterocycles. The zero-order chi connectivity index (χ0) is 17.4. The van der Waals surface area contributed by atoms with Crippen molar-refractivity contribution in [2.75, 3.05) is 6.54 Å². The maximum Gasteiger partial charge on any atom is 0.269 e. The van der Waals surface area contributed by atoms with Crippen LogP contribution in [0.25, 0.3) is 0 Å². The van der Waals surface area contributed by atoms with Crippen LogP contribution in [0.3, 0.4) is 0 Å². The molecule has 0 radical (unpaired) electrons. The molecule has 2 N–H and O–H groups in total. The van der Waals surface area contributed by atoms with Crippen LogP contribution in [0.5, 0.6) is 0 Å². The Morgan fingerprint density at radius 3 is 2.38 bits per heavy atom. The molecule has 2 aromatic rings. The van der Waals surface area contributed by atoms with Crippen molar-refractivity contribution in [3.05, 3.63) is 75.8 Å². The van der Waals surface area contributed by atoms with Crippen molar-refractivity contribution >= 4 is 23.7 Å². The van der Waals surface area contributed by atoms with E-state index >= 15 is 0 Å². The third-order valence-corrected chi connectivity index (χ3v) is 2.95. The fourth-order valence-corrected chi connectivity index (χ4v) is 1.75. The van der Waals surface area contributed by atoms with Crippen molar-refractivity contribution in [2.45, 2.75) is 0 Å². The standard InChI is InChI=1S/C16H14N4O4/c21-15(19-18-10-12-4-2-1-3-5-12)11-17-16(22)13-6-8-14(9-7-13)20(23)24/h1-10H,11H2,(H,17,22)(H,19,21)/b18-10+. The molecule has 0 aliphatic rings. The molecule has 0 fully saturated rings. The van der Waals surface area contributed by atoms with Gasteiger partial charge in [-0.2, -0.15) is 5.10 Å². The van der Waals surface area contributed by atoms with Crippen molar-refractivity contribution in [1.29, 1.82) is 0 Å². The minimum atomic E-state index is -0.556. The summed E-state index contributed by atoms with van der Waals surface area (Å²) in [6.45, 7) is -0.262. The van der Waals surface area contributed by atoms with E-state index in [1.807, 2.05) is 30.3 Å². The van der Waals surface area contributed by atoms with Gasteiger partial charge in [-0.05, 0) is 17.7 Å². The number of hydrogen-bond acceptors (Lipinski definition) is 5. The molecule has 8 heteroatoms. The third kappa shape index (κ3) is 5.02. The number of rotatable bonds is 6. The summed E-state index contributed by atoms with van der Waals surface area (Å²) in [4.78, 5) is 33.4. The smallest absolute Gasteiger partial charge is 0.269 e. The number of nitro benzene ring substituents is 1. The van der Waals surface area contributed by atoms with Crippen molar-refractivity contribution in [3.8, 4) is 0 Å². The number of amides is 2. The highest BCUT2D eigenvalue weighted by Crippen LogP contribution is 2.11. The molecule has 0 spiro atoms. The van der Waals surface area contributed by atoms with E-state index in [2.05, 4.69) is 15.8 Å². The number of nitrogens with one attached hydrogen (secondary N) is 2. The van der Waals surface area contributed by atoms with Crippen LogP contribution >= 0.6 is 0 Å². The van der Waals surface area contributed by atoms with Crippen LogP contribution in [0.1, 0.15) is 15.9 Å². The second kappa shape index (κ2) is 8.18. The number of non-ortho nitro benzene ring substituents is 1. The third-order valence-electron chi connectivity index (χ3n) is 2.95. The quantitative estimate of drug-likeness (QED) is 0.475. The van der Waals surface area contributed by atoms with Gasteiger partial charge in [0.15, 0.2) is 0 Å². The van der Waals surface area contributed by atoms with Gasteiger partial charge in [0.2, 0.25) is 0 Å². The van der Waals surface area contributed by atoms with Gasteiger partial charge in [0.05, 0.1) is 17.7 Å². The first kappa shape index (κ1) is 16.8. The average Bonchev–Trinajstić information content (AvgIpc) is 2.60. The number of carbonyl (C=O) groups is 2. The molecule has 0 atom stereocenters. The maximum atomic E-state index is 11.8. The Kier molecular flexibility index (Phi) is 5.73. The van der Waals surface area contributed by atoms with Gasteiger partial charge in [-0.15, -0.1) is 0 Å². The zero-order valence-corrected chi connectivity index (χ0v) is 12.5. The van der Waals surface area contributed by atoms with Gasteiger partial charge in [-0.1, -0.05) is 30.3 Å². The van der Waals surface area contributed by atoms with E-state index in [0.29, 0.717) is 0 Å². The van der Waals surface area contributed by atoms with Gasteiger partial charge in [0.25, 0.3) is 17.5 Å². The minimum absolute atomic E-state index is 0.112. The van der Waals surface area contributed by atoms with Gasteiger partial charge in [0, 0.05) is 17.7 Å². The minimum Gasteiger partial charge on any atom is -0.343 e. The van der Waals surface area contributed by atoms with Crippen LogP contribution in [0, 0.1) is 10.1 Å². The summed E-state index contributed by atoms with van der Waals surface area (Å²) in [6.07, 6.45) is 1.48. The number of benzene rings is 2. The maximum absolute atomic E-state index is 11.8. The first-order valence-electron chi connectivity index (χ1n) is 6.96. The molecule has 122 valence electrons. The Labute approximate surface area is 137 Å². The molecule has 0 heterocycles. The second-order valence-corrected chi connectivity index (χ2v) is 4.69. The van der Waals surface area contributed by atoms with Gasteiger partial charge >= 0.3 is 0 Å². The van der Waals surface area contributed by atoms with Crippen LogP contribution in [0.4, 0.5) is 5.69 Å². The molecule has 0 saturated carbocycles. The molecule has 2 aromatic carbocycles. The predicted octanol–water partition coefficient (Wildman–Crippen LogP) is 1.47. The fraction of sp³-hybridized carbons (Fsp3) is 0.0625. The van der Waals surface area contributed by atoms with Gasteiger partial charge in [-0.25, -0.2) is 5.43 Å². The van der Waals surface area contributed by atoms with Crippen molar-refractivity contribution in [2.24, 2.45) is 5.10 Å². The lowest BCUT2D eigenvalue weighted by Crippen LogP contribution is -2.34. The van der Waals surface area contributed by atoms with E-state index in [9.17, 15) is 19.7 Å². The molecule has 0 saturated heterocycles. The number of hydrogen-bond donors (Lipinski definition) is 2. The highest BCUT2D eigenvalue weighted by Gasteiger charge is 2.10. The van der Waals surface area contributed by atoms with Gasteiger partial charge in [-0.3, -0.25) is 19.7 Å². The Balaban J connectivity index is 1.79. The molecule has 0 aliphatic carbocycles. The Morgan fingerprint density at radius 1 is 1.08 bits per heavy atom. The molecule has 0 unspecified atom stereocenters. The largest absolute Gasteiger partial charge is 0.343 e. The van der Waals surface area contributed by atoms with Gasteiger partial charge in [0.1, 0.15) is 0 Å². The highest BCUT2D eigenvalue weighted by atomic mass is 16.6. The van der Waals surface area contributed by atoms with Crippen LogP contribution in [-0.2, 0) is 4.79 Å². The lowest BCUT2D eigenvalue weighted by molar-refractivity contribution is -0.384. The first-order valence-corrected chi connectivity index (χ1v) is 6.96. The zero-order valence-electron chi connectivity index (χ0n) is 12.5. The summed E-state index contributed by atoms with van der Waals surface area (Å²) >= 11 is 0. The van der Waals surface area contributed by atoms with Crippen LogP contribution in [0.15, 0.2) is 59.7 Å². The molecule has 2 amide bonds. The van der Waals surface area contributed by atoms with Crippen molar-refractivity contribution in [1.82, 2.24) is 10.7 Å². The second-order valence-electron chi connectivity index (χ2n) is 4.69. The Morgan fingerprint density at radius 2 is 1.75 bits per heavy atom. The monoisotopic (exact) mass is 326 g/mol. The Bertz CT molecular complexity index is 757. The van der Waals surface area contributed by atoms with E-state index in [1.165, 1.54) is 30.5 Å². The van der Waals surface area contributed by atoms with E-state index in [4.69, 9.17) is 0 Å². The lowest BCUT2D eigenvalue weighted by Gasteiger charge is -2.04. The average molecular weight is 326 g/mol. The highest BCUT2D eigenvalue weighted by molar-refractivity contribution is 5.96. The van der Waals surface area contributed by atoms with Gasteiger partial charge < -0.3 is 5.32 Å². The summed E-state index contributed by atoms with van der Waals surface area (Å²) in [5, 5.41) is 16.7. The predicted molar refractivity (Wildman–Crippen MR) is 87.6 cm³/mol. The summed E-state index contributed by atoms with van der Waals surface area (Å²) in [5.74, 6) is -0.996. The topological polar surface area (TPSA) is 114 Å².